The highest BCUT2D eigenvalue weighted by molar-refractivity contribution is 6.18. The van der Waals surface area contributed by atoms with Crippen molar-refractivity contribution in [2.75, 3.05) is 0 Å². The van der Waals surface area contributed by atoms with Crippen LogP contribution in [0.25, 0.3) is 0 Å². The van der Waals surface area contributed by atoms with Crippen molar-refractivity contribution in [2.45, 2.75) is 52.1 Å². The van der Waals surface area contributed by atoms with Gasteiger partial charge in [-0.3, -0.25) is 9.59 Å². The third kappa shape index (κ3) is 2.07. The smallest absolute Gasteiger partial charge is 0.339 e. The van der Waals surface area contributed by atoms with Crippen LogP contribution in [0.4, 0.5) is 0 Å². The zero-order valence-electron chi connectivity index (χ0n) is 11.2. The quantitative estimate of drug-likeness (QED) is 0.623. The molecule has 1 N–H and O–H groups in total. The van der Waals surface area contributed by atoms with E-state index in [4.69, 9.17) is 4.74 Å². The first-order valence-electron chi connectivity index (χ1n) is 6.59. The molecule has 0 aromatic heterocycles. The number of aliphatic carboxylic acids is 1. The molecule has 5 heteroatoms. The maximum Gasteiger partial charge on any atom is 0.339 e. The Morgan fingerprint density at radius 1 is 1.42 bits per heavy atom. The zero-order valence-corrected chi connectivity index (χ0v) is 11.2. The summed E-state index contributed by atoms with van der Waals surface area (Å²) in [4.78, 5) is 34.3. The second kappa shape index (κ2) is 4.79. The fourth-order valence-electron chi connectivity index (χ4n) is 3.55. The van der Waals surface area contributed by atoms with E-state index >= 15 is 0 Å². The van der Waals surface area contributed by atoms with Crippen molar-refractivity contribution in [3.8, 4) is 0 Å². The van der Waals surface area contributed by atoms with Crippen LogP contribution in [0, 0.1) is 5.41 Å². The largest absolute Gasteiger partial charge is 0.478 e. The summed E-state index contributed by atoms with van der Waals surface area (Å²) in [7, 11) is 0. The number of carboxylic acid groups (broad SMARTS) is 1. The van der Waals surface area contributed by atoms with Crippen molar-refractivity contribution in [2.24, 2.45) is 5.41 Å². The second-order valence-corrected chi connectivity index (χ2v) is 5.23. The van der Waals surface area contributed by atoms with Gasteiger partial charge in [0.25, 0.3) is 0 Å². The lowest BCUT2D eigenvalue weighted by Gasteiger charge is -2.38. The van der Waals surface area contributed by atoms with E-state index in [-0.39, 0.29) is 29.9 Å². The van der Waals surface area contributed by atoms with Gasteiger partial charge in [-0.15, -0.1) is 0 Å². The molecule has 0 saturated heterocycles. The van der Waals surface area contributed by atoms with Crippen molar-refractivity contribution in [1.29, 1.82) is 0 Å². The number of ether oxygens (including phenoxy) is 1. The molecule has 5 nitrogen and oxygen atoms in total. The highest BCUT2D eigenvalue weighted by atomic mass is 16.5. The minimum absolute atomic E-state index is 0.0669. The van der Waals surface area contributed by atoms with Gasteiger partial charge < -0.3 is 9.84 Å². The maximum absolute atomic E-state index is 11.8. The average Bonchev–Trinajstić information content (AvgIpc) is 2.67. The van der Waals surface area contributed by atoms with E-state index in [0.717, 1.165) is 0 Å². The molecule has 2 atom stereocenters. The van der Waals surface area contributed by atoms with Gasteiger partial charge in [0.15, 0.2) is 5.78 Å². The van der Waals surface area contributed by atoms with Gasteiger partial charge in [0.1, 0.15) is 11.7 Å². The number of hydrogen-bond acceptors (Lipinski definition) is 4. The van der Waals surface area contributed by atoms with Gasteiger partial charge >= 0.3 is 11.9 Å². The Balaban J connectivity index is 2.49. The fraction of sp³-hybridized carbons (Fsp3) is 0.643. The molecule has 2 aliphatic carbocycles. The third-order valence-corrected chi connectivity index (χ3v) is 4.41. The molecule has 0 heterocycles. The summed E-state index contributed by atoms with van der Waals surface area (Å²) in [5.74, 6) is -1.80. The number of rotatable bonds is 3. The number of carboxylic acids is 1. The van der Waals surface area contributed by atoms with Crippen molar-refractivity contribution in [3.63, 3.8) is 0 Å². The monoisotopic (exact) mass is 266 g/mol. The Morgan fingerprint density at radius 3 is 2.63 bits per heavy atom. The molecule has 104 valence electrons. The van der Waals surface area contributed by atoms with Gasteiger partial charge in [0.05, 0.1) is 0 Å². The van der Waals surface area contributed by atoms with Gasteiger partial charge in [-0.25, -0.2) is 4.79 Å². The van der Waals surface area contributed by atoms with Crippen LogP contribution >= 0.6 is 0 Å². The number of esters is 1. The van der Waals surface area contributed by atoms with E-state index in [2.05, 4.69) is 0 Å². The first-order chi connectivity index (χ1) is 8.92. The van der Waals surface area contributed by atoms with E-state index in [1.165, 1.54) is 6.92 Å². The van der Waals surface area contributed by atoms with Crippen LogP contribution in [0.2, 0.25) is 0 Å². The summed E-state index contributed by atoms with van der Waals surface area (Å²) in [5, 5.41) is 9.25. The Labute approximate surface area is 111 Å². The molecule has 0 aromatic carbocycles. The van der Waals surface area contributed by atoms with Crippen LogP contribution < -0.4 is 0 Å². The maximum atomic E-state index is 11.8. The van der Waals surface area contributed by atoms with Crippen molar-refractivity contribution in [3.05, 3.63) is 11.1 Å². The van der Waals surface area contributed by atoms with E-state index in [9.17, 15) is 19.5 Å². The number of carbonyl (C=O) groups is 3. The van der Waals surface area contributed by atoms with Crippen LogP contribution in [-0.4, -0.2) is 28.9 Å². The predicted octanol–water partition coefficient (Wildman–Crippen LogP) is 1.85. The molecule has 2 rings (SSSR count). The van der Waals surface area contributed by atoms with Gasteiger partial charge in [-0.1, -0.05) is 6.92 Å². The third-order valence-electron chi connectivity index (χ3n) is 4.41. The van der Waals surface area contributed by atoms with E-state index in [1.54, 1.807) is 0 Å². The molecule has 0 radical (unpaired) electrons. The minimum atomic E-state index is -1.15. The van der Waals surface area contributed by atoms with Crippen LogP contribution in [0.3, 0.4) is 0 Å². The fourth-order valence-corrected chi connectivity index (χ4v) is 3.55. The second-order valence-electron chi connectivity index (χ2n) is 5.23. The summed E-state index contributed by atoms with van der Waals surface area (Å²) in [6, 6.07) is 0. The molecule has 2 aliphatic rings. The van der Waals surface area contributed by atoms with E-state index in [1.807, 2.05) is 6.92 Å². The molecular weight excluding hydrogens is 248 g/mol. The van der Waals surface area contributed by atoms with Gasteiger partial charge in [-0.2, -0.15) is 0 Å². The number of Topliss-reactive ketones (excluding diaryl/α,β-unsaturated/α-hetero) is 1. The summed E-state index contributed by atoms with van der Waals surface area (Å²) >= 11 is 0. The van der Waals surface area contributed by atoms with Crippen LogP contribution in [0.1, 0.15) is 46.0 Å². The molecule has 19 heavy (non-hydrogen) atoms. The Bertz CT molecular complexity index is 476. The first-order valence-corrected chi connectivity index (χ1v) is 6.59. The normalized spacial score (nSPS) is 30.2. The molecule has 0 bridgehead atoms. The minimum Gasteiger partial charge on any atom is -0.478 e. The topological polar surface area (TPSA) is 80.7 Å². The SMILES string of the molecule is CCC12CCC(=O)C(C(=O)O)=C1CCC2OC(C)=O. The van der Waals surface area contributed by atoms with Crippen LogP contribution in [-0.2, 0) is 19.1 Å². The lowest BCUT2D eigenvalue weighted by atomic mass is 9.68. The Morgan fingerprint density at radius 2 is 2.11 bits per heavy atom. The van der Waals surface area contributed by atoms with Gasteiger partial charge in [-0.05, 0) is 31.3 Å². The summed E-state index contributed by atoms with van der Waals surface area (Å²) in [6.07, 6.45) is 2.31. The number of ketones is 1. The zero-order chi connectivity index (χ0) is 14.2. The average molecular weight is 266 g/mol. The summed E-state index contributed by atoms with van der Waals surface area (Å²) in [5.41, 5.74) is 0.167. The Kier molecular flexibility index (Phi) is 3.47. The van der Waals surface area contributed by atoms with E-state index < -0.39 is 11.4 Å². The van der Waals surface area contributed by atoms with Crippen LogP contribution in [0.15, 0.2) is 11.1 Å². The number of carbonyl (C=O) groups excluding carboxylic acids is 2. The Hall–Kier alpha value is -1.65. The molecular formula is C14H18O5. The lowest BCUT2D eigenvalue weighted by molar-refractivity contribution is -0.151. The molecule has 1 fully saturated rings. The molecule has 0 spiro atoms. The number of fused-ring (bicyclic) bond motifs is 1. The first kappa shape index (κ1) is 13.8. The van der Waals surface area contributed by atoms with Crippen molar-refractivity contribution in [1.82, 2.24) is 0 Å². The summed E-state index contributed by atoms with van der Waals surface area (Å²) < 4.78 is 5.36. The number of hydrogen-bond donors (Lipinski definition) is 1. The van der Waals surface area contributed by atoms with Gasteiger partial charge in [0.2, 0.25) is 0 Å². The molecule has 0 amide bonds. The predicted molar refractivity (Wildman–Crippen MR) is 66.4 cm³/mol. The van der Waals surface area contributed by atoms with Crippen LogP contribution in [0.5, 0.6) is 0 Å². The lowest BCUT2D eigenvalue weighted by Crippen LogP contribution is -2.39. The van der Waals surface area contributed by atoms with Crippen molar-refractivity contribution >= 4 is 17.7 Å². The molecule has 0 aromatic rings. The van der Waals surface area contributed by atoms with E-state index in [0.29, 0.717) is 31.3 Å². The highest BCUT2D eigenvalue weighted by Crippen LogP contribution is 2.54. The molecule has 0 aliphatic heterocycles. The van der Waals surface area contributed by atoms with Crippen molar-refractivity contribution < 1.29 is 24.2 Å². The summed E-state index contributed by atoms with van der Waals surface area (Å²) in [6.45, 7) is 3.31. The highest BCUT2D eigenvalue weighted by Gasteiger charge is 2.52. The van der Waals surface area contributed by atoms with Gasteiger partial charge in [0, 0.05) is 18.8 Å². The standard InChI is InChI=1S/C14H18O5/c1-3-14-7-6-10(16)12(13(17)18)9(14)4-5-11(14)19-8(2)15/h11H,3-7H2,1-2H3,(H,17,18). The molecule has 2 unspecified atom stereocenters. The molecule has 1 saturated carbocycles.